The second-order valence-corrected chi connectivity index (χ2v) is 4.10. The van der Waals surface area contributed by atoms with Gasteiger partial charge in [-0.3, -0.25) is 4.99 Å². The molecule has 15 heavy (non-hydrogen) atoms. The SMILES string of the molecule is CCc1cccc2c1C(C)(C#N)C(C)=N2. The Bertz CT molecular complexity index is 480. The molecule has 1 aliphatic rings. The van der Waals surface area contributed by atoms with E-state index in [1.165, 1.54) is 5.56 Å². The summed E-state index contributed by atoms with van der Waals surface area (Å²) in [5.74, 6) is 0. The Morgan fingerprint density at radius 3 is 2.80 bits per heavy atom. The van der Waals surface area contributed by atoms with Gasteiger partial charge in [-0.1, -0.05) is 19.1 Å². The summed E-state index contributed by atoms with van der Waals surface area (Å²) < 4.78 is 0. The molecule has 0 saturated heterocycles. The van der Waals surface area contributed by atoms with E-state index in [0.717, 1.165) is 23.4 Å². The molecule has 0 aromatic heterocycles. The van der Waals surface area contributed by atoms with Gasteiger partial charge in [0.25, 0.3) is 0 Å². The molecular formula is C13H14N2. The Labute approximate surface area is 90.3 Å². The Kier molecular flexibility index (Phi) is 2.12. The van der Waals surface area contributed by atoms with Crippen LogP contribution in [-0.4, -0.2) is 5.71 Å². The molecule has 2 nitrogen and oxygen atoms in total. The number of nitriles is 1. The van der Waals surface area contributed by atoms with E-state index >= 15 is 0 Å². The van der Waals surface area contributed by atoms with Gasteiger partial charge < -0.3 is 0 Å². The zero-order chi connectivity index (χ0) is 11.1. The van der Waals surface area contributed by atoms with Crippen LogP contribution in [0.25, 0.3) is 0 Å². The summed E-state index contributed by atoms with van der Waals surface area (Å²) in [6.45, 7) is 6.00. The van der Waals surface area contributed by atoms with Gasteiger partial charge in [-0.05, 0) is 31.9 Å². The number of fused-ring (bicyclic) bond motifs is 1. The second-order valence-electron chi connectivity index (χ2n) is 4.10. The maximum Gasteiger partial charge on any atom is 0.119 e. The van der Waals surface area contributed by atoms with Crippen molar-refractivity contribution in [3.05, 3.63) is 29.3 Å². The third-order valence-corrected chi connectivity index (χ3v) is 3.25. The Morgan fingerprint density at radius 2 is 2.20 bits per heavy atom. The van der Waals surface area contributed by atoms with Crippen LogP contribution in [0.4, 0.5) is 5.69 Å². The number of benzene rings is 1. The van der Waals surface area contributed by atoms with Crippen LogP contribution in [0, 0.1) is 11.3 Å². The molecule has 0 bridgehead atoms. The monoisotopic (exact) mass is 198 g/mol. The molecule has 2 heteroatoms. The third kappa shape index (κ3) is 1.20. The lowest BCUT2D eigenvalue weighted by Gasteiger charge is -2.19. The molecule has 0 N–H and O–H groups in total. The van der Waals surface area contributed by atoms with E-state index < -0.39 is 5.41 Å². The van der Waals surface area contributed by atoms with E-state index in [-0.39, 0.29) is 0 Å². The highest BCUT2D eigenvalue weighted by Gasteiger charge is 2.38. The minimum atomic E-state index is -0.526. The highest BCUT2D eigenvalue weighted by molar-refractivity contribution is 6.02. The molecule has 1 aromatic rings. The maximum atomic E-state index is 9.33. The van der Waals surface area contributed by atoms with Crippen LogP contribution in [0.1, 0.15) is 31.9 Å². The van der Waals surface area contributed by atoms with E-state index in [9.17, 15) is 5.26 Å². The molecule has 0 aliphatic carbocycles. The predicted octanol–water partition coefficient (Wildman–Crippen LogP) is 3.14. The molecule has 1 unspecified atom stereocenters. The van der Waals surface area contributed by atoms with Gasteiger partial charge in [0.05, 0.1) is 11.8 Å². The van der Waals surface area contributed by atoms with Crippen LogP contribution in [0.2, 0.25) is 0 Å². The lowest BCUT2D eigenvalue weighted by atomic mass is 9.78. The Balaban J connectivity index is 2.73. The largest absolute Gasteiger partial charge is 0.256 e. The first-order valence-electron chi connectivity index (χ1n) is 5.23. The van der Waals surface area contributed by atoms with Crippen molar-refractivity contribution in [1.82, 2.24) is 0 Å². The lowest BCUT2D eigenvalue weighted by molar-refractivity contribution is 0.825. The van der Waals surface area contributed by atoms with Crippen molar-refractivity contribution in [2.75, 3.05) is 0 Å². The van der Waals surface area contributed by atoms with Crippen molar-refractivity contribution in [1.29, 1.82) is 5.26 Å². The number of nitrogens with zero attached hydrogens (tertiary/aromatic N) is 2. The fourth-order valence-electron chi connectivity index (χ4n) is 2.16. The van der Waals surface area contributed by atoms with Gasteiger partial charge in [-0.25, -0.2) is 0 Å². The highest BCUT2D eigenvalue weighted by Crippen LogP contribution is 2.41. The normalized spacial score (nSPS) is 23.2. The first-order chi connectivity index (χ1) is 7.13. The van der Waals surface area contributed by atoms with Gasteiger partial charge in [-0.15, -0.1) is 0 Å². The average Bonchev–Trinajstić information content (AvgIpc) is 2.52. The second kappa shape index (κ2) is 3.20. The minimum Gasteiger partial charge on any atom is -0.256 e. The van der Waals surface area contributed by atoms with Crippen molar-refractivity contribution in [3.63, 3.8) is 0 Å². The maximum absolute atomic E-state index is 9.33. The molecule has 1 aliphatic heterocycles. The smallest absolute Gasteiger partial charge is 0.119 e. The molecule has 0 spiro atoms. The summed E-state index contributed by atoms with van der Waals surface area (Å²) in [5.41, 5.74) is 3.68. The number of hydrogen-bond donors (Lipinski definition) is 0. The molecule has 1 heterocycles. The van der Waals surface area contributed by atoms with E-state index in [4.69, 9.17) is 0 Å². The van der Waals surface area contributed by atoms with Crippen molar-refractivity contribution in [2.45, 2.75) is 32.6 Å². The molecule has 2 rings (SSSR count). The molecule has 0 amide bonds. The Morgan fingerprint density at radius 1 is 1.47 bits per heavy atom. The van der Waals surface area contributed by atoms with Crippen molar-refractivity contribution >= 4 is 11.4 Å². The van der Waals surface area contributed by atoms with Gasteiger partial charge in [0.15, 0.2) is 0 Å². The van der Waals surface area contributed by atoms with Crippen LogP contribution >= 0.6 is 0 Å². The number of aliphatic imine (C=N–C) groups is 1. The summed E-state index contributed by atoms with van der Waals surface area (Å²) >= 11 is 0. The summed E-state index contributed by atoms with van der Waals surface area (Å²) in [4.78, 5) is 4.48. The van der Waals surface area contributed by atoms with Crippen molar-refractivity contribution < 1.29 is 0 Å². The third-order valence-electron chi connectivity index (χ3n) is 3.25. The number of rotatable bonds is 1. The van der Waals surface area contributed by atoms with E-state index in [2.05, 4.69) is 24.1 Å². The van der Waals surface area contributed by atoms with Gasteiger partial charge >= 0.3 is 0 Å². The summed E-state index contributed by atoms with van der Waals surface area (Å²) in [6, 6.07) is 8.47. The summed E-state index contributed by atoms with van der Waals surface area (Å²) in [6.07, 6.45) is 0.948. The predicted molar refractivity (Wildman–Crippen MR) is 61.6 cm³/mol. The average molecular weight is 198 g/mol. The fourth-order valence-corrected chi connectivity index (χ4v) is 2.16. The van der Waals surface area contributed by atoms with E-state index in [1.807, 2.05) is 26.0 Å². The minimum absolute atomic E-state index is 0.526. The van der Waals surface area contributed by atoms with Crippen LogP contribution in [0.3, 0.4) is 0 Å². The molecular weight excluding hydrogens is 184 g/mol. The van der Waals surface area contributed by atoms with Crippen LogP contribution in [0.5, 0.6) is 0 Å². The Hall–Kier alpha value is -1.62. The zero-order valence-electron chi connectivity index (χ0n) is 9.33. The van der Waals surface area contributed by atoms with Crippen LogP contribution < -0.4 is 0 Å². The molecule has 76 valence electrons. The number of hydrogen-bond acceptors (Lipinski definition) is 2. The van der Waals surface area contributed by atoms with Crippen molar-refractivity contribution in [3.8, 4) is 6.07 Å². The topological polar surface area (TPSA) is 36.1 Å². The van der Waals surface area contributed by atoms with Crippen molar-refractivity contribution in [2.24, 2.45) is 4.99 Å². The number of aryl methyl sites for hydroxylation is 1. The van der Waals surface area contributed by atoms with Crippen LogP contribution in [0.15, 0.2) is 23.2 Å². The van der Waals surface area contributed by atoms with Gasteiger partial charge in [-0.2, -0.15) is 5.26 Å². The first-order valence-corrected chi connectivity index (χ1v) is 5.23. The molecule has 0 saturated carbocycles. The molecule has 0 radical (unpaired) electrons. The van der Waals surface area contributed by atoms with E-state index in [0.29, 0.717) is 0 Å². The van der Waals surface area contributed by atoms with Crippen LogP contribution in [-0.2, 0) is 11.8 Å². The molecule has 0 fully saturated rings. The summed E-state index contributed by atoms with van der Waals surface area (Å²) in [7, 11) is 0. The summed E-state index contributed by atoms with van der Waals surface area (Å²) in [5, 5.41) is 9.33. The quantitative estimate of drug-likeness (QED) is 0.682. The standard InChI is InChI=1S/C13H14N2/c1-4-10-6-5-7-11-12(10)13(3,8-14)9(2)15-11/h5-7H,4H2,1-3H3. The fraction of sp³-hybridized carbons (Fsp3) is 0.385. The van der Waals surface area contributed by atoms with Gasteiger partial charge in [0.1, 0.15) is 5.41 Å². The zero-order valence-corrected chi connectivity index (χ0v) is 9.33. The lowest BCUT2D eigenvalue weighted by Crippen LogP contribution is -2.26. The van der Waals surface area contributed by atoms with Gasteiger partial charge in [0, 0.05) is 11.3 Å². The van der Waals surface area contributed by atoms with Gasteiger partial charge in [0.2, 0.25) is 0 Å². The molecule has 1 atom stereocenters. The van der Waals surface area contributed by atoms with E-state index in [1.54, 1.807) is 0 Å². The molecule has 1 aromatic carbocycles. The highest BCUT2D eigenvalue weighted by atomic mass is 14.8. The first kappa shape index (κ1) is 9.92.